The molecule has 2 saturated heterocycles. The van der Waals surface area contributed by atoms with E-state index in [4.69, 9.17) is 9.47 Å². The normalized spacial score (nSPS) is 24.7. The van der Waals surface area contributed by atoms with Crippen molar-refractivity contribution in [1.29, 1.82) is 0 Å². The SMILES string of the molecule is O=C(CC1CNCCO1)OC(=O)N1CCNCC1. The minimum absolute atomic E-state index is 0.116. The Labute approximate surface area is 106 Å². The van der Waals surface area contributed by atoms with E-state index in [2.05, 4.69) is 10.6 Å². The van der Waals surface area contributed by atoms with E-state index in [-0.39, 0.29) is 12.5 Å². The molecule has 2 heterocycles. The number of piperazine rings is 1. The molecule has 0 bridgehead atoms. The van der Waals surface area contributed by atoms with Gasteiger partial charge in [0.05, 0.1) is 19.1 Å². The number of hydrogen-bond acceptors (Lipinski definition) is 6. The van der Waals surface area contributed by atoms with E-state index in [0.717, 1.165) is 19.6 Å². The highest BCUT2D eigenvalue weighted by Crippen LogP contribution is 2.05. The molecule has 7 heteroatoms. The molecule has 0 spiro atoms. The van der Waals surface area contributed by atoms with Crippen molar-refractivity contribution in [1.82, 2.24) is 15.5 Å². The van der Waals surface area contributed by atoms with Gasteiger partial charge >= 0.3 is 12.1 Å². The van der Waals surface area contributed by atoms with Crippen LogP contribution in [0.2, 0.25) is 0 Å². The summed E-state index contributed by atoms with van der Waals surface area (Å²) in [6.45, 7) is 4.63. The van der Waals surface area contributed by atoms with Gasteiger partial charge in [-0.2, -0.15) is 0 Å². The summed E-state index contributed by atoms with van der Waals surface area (Å²) in [4.78, 5) is 24.8. The van der Waals surface area contributed by atoms with Crippen molar-refractivity contribution >= 4 is 12.1 Å². The summed E-state index contributed by atoms with van der Waals surface area (Å²) in [5.74, 6) is -0.521. The number of carbonyl (C=O) groups is 2. The lowest BCUT2D eigenvalue weighted by Gasteiger charge is -2.26. The number of carbonyl (C=O) groups excluding carboxylic acids is 2. The van der Waals surface area contributed by atoms with E-state index < -0.39 is 12.1 Å². The standard InChI is InChI=1S/C11H19N3O4/c15-10(7-9-8-13-3-6-17-9)18-11(16)14-4-1-12-2-5-14/h9,12-13H,1-8H2. The molecule has 2 aliphatic rings. The Balaban J connectivity index is 1.70. The summed E-state index contributed by atoms with van der Waals surface area (Å²) in [6, 6.07) is 0. The smallest absolute Gasteiger partial charge is 0.376 e. The van der Waals surface area contributed by atoms with E-state index in [9.17, 15) is 9.59 Å². The molecule has 2 rings (SSSR count). The quantitative estimate of drug-likeness (QED) is 0.484. The van der Waals surface area contributed by atoms with Gasteiger partial charge in [0.2, 0.25) is 0 Å². The molecule has 18 heavy (non-hydrogen) atoms. The zero-order valence-electron chi connectivity index (χ0n) is 10.3. The van der Waals surface area contributed by atoms with Crippen LogP contribution in [-0.4, -0.2) is 68.9 Å². The number of nitrogens with one attached hydrogen (secondary N) is 2. The molecule has 2 fully saturated rings. The van der Waals surface area contributed by atoms with Crippen molar-refractivity contribution in [3.63, 3.8) is 0 Å². The second kappa shape index (κ2) is 6.67. The van der Waals surface area contributed by atoms with Crippen LogP contribution in [0.1, 0.15) is 6.42 Å². The predicted octanol–water partition coefficient (Wildman–Crippen LogP) is -1.07. The van der Waals surface area contributed by atoms with Gasteiger partial charge in [-0.3, -0.25) is 4.79 Å². The van der Waals surface area contributed by atoms with Gasteiger partial charge in [-0.1, -0.05) is 0 Å². The molecule has 1 unspecified atom stereocenters. The third-order valence-corrected chi connectivity index (χ3v) is 2.98. The van der Waals surface area contributed by atoms with Crippen LogP contribution < -0.4 is 10.6 Å². The topological polar surface area (TPSA) is 79.9 Å². The van der Waals surface area contributed by atoms with Crippen molar-refractivity contribution in [3.8, 4) is 0 Å². The van der Waals surface area contributed by atoms with Crippen LogP contribution in [0.15, 0.2) is 0 Å². The summed E-state index contributed by atoms with van der Waals surface area (Å²) in [5, 5.41) is 6.25. The Kier molecular flexibility index (Phi) is 4.91. The molecule has 1 atom stereocenters. The number of nitrogens with zero attached hydrogens (tertiary/aromatic N) is 1. The molecular weight excluding hydrogens is 238 g/mol. The fourth-order valence-electron chi connectivity index (χ4n) is 1.99. The maximum absolute atomic E-state index is 11.6. The second-order valence-electron chi connectivity index (χ2n) is 4.38. The number of rotatable bonds is 2. The molecule has 0 aromatic rings. The molecule has 1 amide bonds. The van der Waals surface area contributed by atoms with Crippen LogP contribution in [0.3, 0.4) is 0 Å². The summed E-state index contributed by atoms with van der Waals surface area (Å²) < 4.78 is 10.2. The highest BCUT2D eigenvalue weighted by atomic mass is 16.6. The fourth-order valence-corrected chi connectivity index (χ4v) is 1.99. The largest absolute Gasteiger partial charge is 0.417 e. The van der Waals surface area contributed by atoms with Gasteiger partial charge in [0.25, 0.3) is 0 Å². The van der Waals surface area contributed by atoms with E-state index in [1.54, 1.807) is 0 Å². The number of ether oxygens (including phenoxy) is 2. The summed E-state index contributed by atoms with van der Waals surface area (Å²) in [6.07, 6.45) is -0.627. The van der Waals surface area contributed by atoms with Gasteiger partial charge in [0, 0.05) is 39.3 Å². The monoisotopic (exact) mass is 257 g/mol. The Morgan fingerprint density at radius 1 is 1.22 bits per heavy atom. The Morgan fingerprint density at radius 2 is 2.00 bits per heavy atom. The lowest BCUT2D eigenvalue weighted by atomic mass is 10.2. The number of esters is 1. The third kappa shape index (κ3) is 3.94. The summed E-state index contributed by atoms with van der Waals surface area (Å²) in [5.41, 5.74) is 0. The molecule has 0 aromatic heterocycles. The van der Waals surface area contributed by atoms with Crippen LogP contribution in [0.25, 0.3) is 0 Å². The van der Waals surface area contributed by atoms with Gasteiger partial charge in [0.15, 0.2) is 0 Å². The van der Waals surface area contributed by atoms with Crippen LogP contribution >= 0.6 is 0 Å². The van der Waals surface area contributed by atoms with Crippen LogP contribution in [0.4, 0.5) is 4.79 Å². The maximum atomic E-state index is 11.6. The zero-order chi connectivity index (χ0) is 12.8. The maximum Gasteiger partial charge on any atom is 0.417 e. The second-order valence-corrected chi connectivity index (χ2v) is 4.38. The third-order valence-electron chi connectivity index (χ3n) is 2.98. The minimum atomic E-state index is -0.551. The number of hydrogen-bond donors (Lipinski definition) is 2. The van der Waals surface area contributed by atoms with Crippen LogP contribution in [0, 0.1) is 0 Å². The van der Waals surface area contributed by atoms with E-state index in [1.807, 2.05) is 0 Å². The molecule has 102 valence electrons. The Bertz CT molecular complexity index is 299. The lowest BCUT2D eigenvalue weighted by molar-refractivity contribution is -0.142. The molecule has 0 aromatic carbocycles. The minimum Gasteiger partial charge on any atom is -0.376 e. The first-order valence-electron chi connectivity index (χ1n) is 6.28. The number of amides is 1. The van der Waals surface area contributed by atoms with Crippen molar-refractivity contribution in [2.45, 2.75) is 12.5 Å². The summed E-state index contributed by atoms with van der Waals surface area (Å²) >= 11 is 0. The van der Waals surface area contributed by atoms with Crippen LogP contribution in [-0.2, 0) is 14.3 Å². The van der Waals surface area contributed by atoms with Gasteiger partial charge < -0.3 is 25.0 Å². The predicted molar refractivity (Wildman–Crippen MR) is 63.2 cm³/mol. The Morgan fingerprint density at radius 3 is 2.67 bits per heavy atom. The highest BCUT2D eigenvalue weighted by molar-refractivity contribution is 5.84. The lowest BCUT2D eigenvalue weighted by Crippen LogP contribution is -2.47. The molecule has 7 nitrogen and oxygen atoms in total. The van der Waals surface area contributed by atoms with Gasteiger partial charge in [-0.25, -0.2) is 4.79 Å². The van der Waals surface area contributed by atoms with Gasteiger partial charge in [-0.05, 0) is 0 Å². The summed E-state index contributed by atoms with van der Waals surface area (Å²) in [7, 11) is 0. The van der Waals surface area contributed by atoms with Crippen LogP contribution in [0.5, 0.6) is 0 Å². The molecular formula is C11H19N3O4. The van der Waals surface area contributed by atoms with Crippen molar-refractivity contribution in [3.05, 3.63) is 0 Å². The molecule has 0 saturated carbocycles. The van der Waals surface area contributed by atoms with Crippen molar-refractivity contribution in [2.24, 2.45) is 0 Å². The van der Waals surface area contributed by atoms with Crippen molar-refractivity contribution < 1.29 is 19.1 Å². The highest BCUT2D eigenvalue weighted by Gasteiger charge is 2.23. The Hall–Kier alpha value is -1.18. The average Bonchev–Trinajstić information content (AvgIpc) is 2.40. The molecule has 2 N–H and O–H groups in total. The fraction of sp³-hybridized carbons (Fsp3) is 0.818. The first-order valence-corrected chi connectivity index (χ1v) is 6.28. The van der Waals surface area contributed by atoms with E-state index in [1.165, 1.54) is 4.90 Å². The first-order chi connectivity index (χ1) is 8.75. The van der Waals surface area contributed by atoms with E-state index >= 15 is 0 Å². The van der Waals surface area contributed by atoms with Gasteiger partial charge in [0.1, 0.15) is 0 Å². The molecule has 0 aliphatic carbocycles. The zero-order valence-corrected chi connectivity index (χ0v) is 10.3. The molecule has 0 radical (unpaired) electrons. The van der Waals surface area contributed by atoms with Gasteiger partial charge in [-0.15, -0.1) is 0 Å². The number of morpholine rings is 1. The molecule has 2 aliphatic heterocycles. The average molecular weight is 257 g/mol. The van der Waals surface area contributed by atoms with Crippen molar-refractivity contribution in [2.75, 3.05) is 45.9 Å². The van der Waals surface area contributed by atoms with E-state index in [0.29, 0.717) is 26.2 Å². The first kappa shape index (κ1) is 13.3.